The topological polar surface area (TPSA) is 54.0 Å². The molecule has 1 unspecified atom stereocenters. The third-order valence-corrected chi connectivity index (χ3v) is 3.83. The Morgan fingerprint density at radius 2 is 2.53 bits per heavy atom. The number of aryl methyl sites for hydroxylation is 1. The first kappa shape index (κ1) is 12.5. The highest BCUT2D eigenvalue weighted by Gasteiger charge is 2.14. The van der Waals surface area contributed by atoms with E-state index in [1.54, 1.807) is 6.20 Å². The van der Waals surface area contributed by atoms with E-state index >= 15 is 0 Å². The second kappa shape index (κ2) is 6.12. The monoisotopic (exact) mass is 253 g/mol. The fraction of sp³-hybridized carbons (Fsp3) is 0.667. The normalized spacial score (nSPS) is 20.2. The largest absolute Gasteiger partial charge is 0.314 e. The number of amides is 1. The van der Waals surface area contributed by atoms with Gasteiger partial charge in [0.05, 0.1) is 0 Å². The Balaban J connectivity index is 1.70. The highest BCUT2D eigenvalue weighted by Crippen LogP contribution is 2.17. The molecule has 1 saturated heterocycles. The quantitative estimate of drug-likeness (QED) is 0.866. The van der Waals surface area contributed by atoms with Crippen molar-refractivity contribution in [3.63, 3.8) is 0 Å². The molecular weight excluding hydrogens is 234 g/mol. The van der Waals surface area contributed by atoms with Crippen molar-refractivity contribution in [2.24, 2.45) is 0 Å². The molecule has 0 aromatic carbocycles. The van der Waals surface area contributed by atoms with Crippen LogP contribution in [0.15, 0.2) is 6.20 Å². The molecule has 94 valence electrons. The van der Waals surface area contributed by atoms with Crippen molar-refractivity contribution in [3.8, 4) is 0 Å². The number of hydrogen-bond donors (Lipinski definition) is 2. The van der Waals surface area contributed by atoms with Gasteiger partial charge in [-0.3, -0.25) is 4.79 Å². The lowest BCUT2D eigenvalue weighted by atomic mass is 10.0. The molecule has 1 amide bonds. The molecule has 0 aliphatic carbocycles. The molecule has 1 fully saturated rings. The molecule has 2 heterocycles. The van der Waals surface area contributed by atoms with E-state index in [0.29, 0.717) is 17.6 Å². The summed E-state index contributed by atoms with van der Waals surface area (Å²) in [7, 11) is 0. The van der Waals surface area contributed by atoms with Crippen molar-refractivity contribution in [2.75, 3.05) is 11.9 Å². The Morgan fingerprint density at radius 1 is 1.65 bits per heavy atom. The Kier molecular flexibility index (Phi) is 4.50. The van der Waals surface area contributed by atoms with Gasteiger partial charge in [-0.05, 0) is 32.7 Å². The minimum atomic E-state index is 0.0757. The molecule has 0 radical (unpaired) electrons. The Morgan fingerprint density at radius 3 is 3.18 bits per heavy atom. The van der Waals surface area contributed by atoms with Gasteiger partial charge in [-0.15, -0.1) is 11.3 Å². The van der Waals surface area contributed by atoms with Gasteiger partial charge >= 0.3 is 0 Å². The van der Waals surface area contributed by atoms with Crippen molar-refractivity contribution in [1.29, 1.82) is 0 Å². The van der Waals surface area contributed by atoms with Gasteiger partial charge in [-0.1, -0.05) is 6.42 Å². The van der Waals surface area contributed by atoms with Crippen LogP contribution in [0.4, 0.5) is 5.13 Å². The second-order valence-electron chi connectivity index (χ2n) is 4.51. The zero-order chi connectivity index (χ0) is 12.1. The number of aromatic nitrogens is 1. The van der Waals surface area contributed by atoms with Gasteiger partial charge in [0.15, 0.2) is 5.13 Å². The van der Waals surface area contributed by atoms with Gasteiger partial charge in [-0.2, -0.15) is 0 Å². The SMILES string of the molecule is Cc1cnc(NC(=O)CCC2CCCCN2)s1. The lowest BCUT2D eigenvalue weighted by Gasteiger charge is -2.22. The van der Waals surface area contributed by atoms with E-state index in [9.17, 15) is 4.79 Å². The summed E-state index contributed by atoms with van der Waals surface area (Å²) in [6.45, 7) is 3.08. The van der Waals surface area contributed by atoms with Gasteiger partial charge in [0.1, 0.15) is 0 Å². The summed E-state index contributed by atoms with van der Waals surface area (Å²) in [5.41, 5.74) is 0. The average Bonchev–Trinajstić information content (AvgIpc) is 2.73. The maximum Gasteiger partial charge on any atom is 0.226 e. The van der Waals surface area contributed by atoms with E-state index < -0.39 is 0 Å². The van der Waals surface area contributed by atoms with Crippen LogP contribution in [0.25, 0.3) is 0 Å². The number of rotatable bonds is 4. The summed E-state index contributed by atoms with van der Waals surface area (Å²) in [4.78, 5) is 16.9. The minimum Gasteiger partial charge on any atom is -0.314 e. The average molecular weight is 253 g/mol. The highest BCUT2D eigenvalue weighted by atomic mass is 32.1. The number of anilines is 1. The Labute approximate surface area is 106 Å². The molecule has 4 nitrogen and oxygen atoms in total. The van der Waals surface area contributed by atoms with Crippen LogP contribution < -0.4 is 10.6 Å². The predicted molar refractivity (Wildman–Crippen MR) is 70.4 cm³/mol. The van der Waals surface area contributed by atoms with Crippen molar-refractivity contribution in [1.82, 2.24) is 10.3 Å². The van der Waals surface area contributed by atoms with Crippen LogP contribution in [0.3, 0.4) is 0 Å². The summed E-state index contributed by atoms with van der Waals surface area (Å²) in [6.07, 6.45) is 7.03. The first-order valence-corrected chi connectivity index (χ1v) is 7.01. The number of nitrogens with zero attached hydrogens (tertiary/aromatic N) is 1. The minimum absolute atomic E-state index is 0.0757. The van der Waals surface area contributed by atoms with E-state index in [1.807, 2.05) is 6.92 Å². The molecule has 5 heteroatoms. The molecule has 0 spiro atoms. The van der Waals surface area contributed by atoms with Crippen molar-refractivity contribution < 1.29 is 4.79 Å². The molecule has 0 saturated carbocycles. The number of thiazole rings is 1. The summed E-state index contributed by atoms with van der Waals surface area (Å²) < 4.78 is 0. The standard InChI is InChI=1S/C12H19N3OS/c1-9-8-14-12(17-9)15-11(16)6-5-10-4-2-3-7-13-10/h8,10,13H,2-7H2,1H3,(H,14,15,16). The first-order chi connectivity index (χ1) is 8.24. The zero-order valence-corrected chi connectivity index (χ0v) is 11.0. The van der Waals surface area contributed by atoms with Crippen molar-refractivity contribution in [3.05, 3.63) is 11.1 Å². The summed E-state index contributed by atoms with van der Waals surface area (Å²) in [6, 6.07) is 0.521. The molecule has 1 atom stereocenters. The maximum atomic E-state index is 11.7. The van der Waals surface area contributed by atoms with Gasteiger partial charge in [0.25, 0.3) is 0 Å². The van der Waals surface area contributed by atoms with Gasteiger partial charge in [-0.25, -0.2) is 4.98 Å². The smallest absolute Gasteiger partial charge is 0.226 e. The van der Waals surface area contributed by atoms with Crippen LogP contribution in [-0.4, -0.2) is 23.5 Å². The first-order valence-electron chi connectivity index (χ1n) is 6.20. The second-order valence-corrected chi connectivity index (χ2v) is 5.74. The van der Waals surface area contributed by atoms with Gasteiger partial charge in [0, 0.05) is 23.5 Å². The molecule has 0 bridgehead atoms. The lowest BCUT2D eigenvalue weighted by molar-refractivity contribution is -0.116. The van der Waals surface area contributed by atoms with Crippen molar-refractivity contribution in [2.45, 2.75) is 45.1 Å². The third kappa shape index (κ3) is 4.09. The fourth-order valence-electron chi connectivity index (χ4n) is 2.07. The highest BCUT2D eigenvalue weighted by molar-refractivity contribution is 7.15. The Bertz CT molecular complexity index is 372. The Hall–Kier alpha value is -0.940. The number of nitrogens with one attached hydrogen (secondary N) is 2. The summed E-state index contributed by atoms with van der Waals surface area (Å²) >= 11 is 1.52. The number of piperidine rings is 1. The van der Waals surface area contributed by atoms with Crippen LogP contribution in [0, 0.1) is 6.92 Å². The molecule has 1 aliphatic heterocycles. The van der Waals surface area contributed by atoms with E-state index in [-0.39, 0.29) is 5.91 Å². The predicted octanol–water partition coefficient (Wildman–Crippen LogP) is 2.31. The molecule has 2 N–H and O–H groups in total. The van der Waals surface area contributed by atoms with E-state index in [0.717, 1.165) is 17.8 Å². The number of hydrogen-bond acceptors (Lipinski definition) is 4. The molecular formula is C12H19N3OS. The lowest BCUT2D eigenvalue weighted by Crippen LogP contribution is -2.34. The van der Waals surface area contributed by atoms with Crippen LogP contribution in [-0.2, 0) is 4.79 Å². The van der Waals surface area contributed by atoms with Crippen LogP contribution in [0.5, 0.6) is 0 Å². The summed E-state index contributed by atoms with van der Waals surface area (Å²) in [5.74, 6) is 0.0757. The van der Waals surface area contributed by atoms with E-state index in [1.165, 1.54) is 30.6 Å². The number of carbonyl (C=O) groups excluding carboxylic acids is 1. The number of carbonyl (C=O) groups is 1. The van der Waals surface area contributed by atoms with Gasteiger partial charge in [0.2, 0.25) is 5.91 Å². The van der Waals surface area contributed by atoms with Crippen LogP contribution >= 0.6 is 11.3 Å². The fourth-order valence-corrected chi connectivity index (χ4v) is 2.75. The molecule has 2 rings (SSSR count). The summed E-state index contributed by atoms with van der Waals surface area (Å²) in [5, 5.41) is 7.00. The van der Waals surface area contributed by atoms with E-state index in [2.05, 4.69) is 15.6 Å². The van der Waals surface area contributed by atoms with Crippen molar-refractivity contribution >= 4 is 22.4 Å². The zero-order valence-electron chi connectivity index (χ0n) is 10.2. The van der Waals surface area contributed by atoms with Crippen LogP contribution in [0.1, 0.15) is 37.0 Å². The molecule has 1 aromatic rings. The van der Waals surface area contributed by atoms with Crippen LogP contribution in [0.2, 0.25) is 0 Å². The van der Waals surface area contributed by atoms with E-state index in [4.69, 9.17) is 0 Å². The van der Waals surface area contributed by atoms with Gasteiger partial charge < -0.3 is 10.6 Å². The molecule has 1 aromatic heterocycles. The molecule has 1 aliphatic rings. The molecule has 17 heavy (non-hydrogen) atoms. The third-order valence-electron chi connectivity index (χ3n) is 3.00. The maximum absolute atomic E-state index is 11.7.